The monoisotopic (exact) mass is 537 g/mol. The Kier molecular flexibility index (Phi) is 7.70. The van der Waals surface area contributed by atoms with Crippen LogP contribution in [0.5, 0.6) is 11.5 Å². The molecule has 3 aromatic carbocycles. The van der Waals surface area contributed by atoms with Crippen molar-refractivity contribution in [2.45, 2.75) is 24.8 Å². The predicted molar refractivity (Wildman–Crippen MR) is 138 cm³/mol. The molecule has 0 spiro atoms. The molecule has 0 aliphatic heterocycles. The third-order valence-corrected chi connectivity index (χ3v) is 6.69. The molecule has 0 amide bonds. The van der Waals surface area contributed by atoms with Crippen LogP contribution in [0.1, 0.15) is 29.8 Å². The molecule has 34 heavy (non-hydrogen) atoms. The molecule has 1 heterocycles. The number of aromatic nitrogens is 3. The van der Waals surface area contributed by atoms with Crippen LogP contribution in [-0.2, 0) is 5.75 Å². The molecule has 1 aromatic heterocycles. The maximum atomic E-state index is 11.9. The van der Waals surface area contributed by atoms with E-state index in [1.165, 1.54) is 11.8 Å². The van der Waals surface area contributed by atoms with Crippen molar-refractivity contribution in [3.8, 4) is 28.6 Å². The minimum absolute atomic E-state index is 0.0176. The van der Waals surface area contributed by atoms with Crippen molar-refractivity contribution in [1.29, 1.82) is 0 Å². The number of carbonyl (C=O) groups is 1. The smallest absolute Gasteiger partial charge is 0.196 e. The Hall–Kier alpha value is -3.10. The van der Waals surface area contributed by atoms with Crippen LogP contribution >= 0.6 is 27.7 Å². The summed E-state index contributed by atoms with van der Waals surface area (Å²) < 4.78 is 14.2. The van der Waals surface area contributed by atoms with Crippen LogP contribution in [0.2, 0.25) is 0 Å². The van der Waals surface area contributed by atoms with E-state index in [9.17, 15) is 4.79 Å². The van der Waals surface area contributed by atoms with E-state index in [2.05, 4.69) is 26.1 Å². The highest BCUT2D eigenvalue weighted by atomic mass is 79.9. The molecular weight excluding hydrogens is 514 g/mol. The Labute approximate surface area is 211 Å². The van der Waals surface area contributed by atoms with Gasteiger partial charge < -0.3 is 9.47 Å². The average molecular weight is 538 g/mol. The van der Waals surface area contributed by atoms with E-state index in [1.54, 1.807) is 20.1 Å². The van der Waals surface area contributed by atoms with Gasteiger partial charge in [0.2, 0.25) is 0 Å². The fraction of sp³-hybridized carbons (Fsp3) is 0.192. The van der Waals surface area contributed by atoms with E-state index < -0.39 is 0 Å². The van der Waals surface area contributed by atoms with Gasteiger partial charge in [0, 0.05) is 32.6 Å². The van der Waals surface area contributed by atoms with Gasteiger partial charge in [-0.2, -0.15) is 0 Å². The van der Waals surface area contributed by atoms with Gasteiger partial charge in [-0.15, -0.1) is 10.2 Å². The third-order valence-electron chi connectivity index (χ3n) is 5.19. The molecule has 0 radical (unpaired) electrons. The lowest BCUT2D eigenvalue weighted by atomic mass is 10.1. The minimum atomic E-state index is 0.0176. The second kappa shape index (κ2) is 10.9. The van der Waals surface area contributed by atoms with Crippen LogP contribution in [0.4, 0.5) is 0 Å². The SMILES string of the molecule is CCOc1ccc(-n2c(SCc3cc(C(C)=O)ccc3OC)nnc2-c2ccc(Br)cc2)cc1. The van der Waals surface area contributed by atoms with Crippen molar-refractivity contribution in [1.82, 2.24) is 14.8 Å². The Morgan fingerprint density at radius 3 is 2.41 bits per heavy atom. The number of carbonyl (C=O) groups excluding carboxylic acids is 1. The van der Waals surface area contributed by atoms with Gasteiger partial charge >= 0.3 is 0 Å². The summed E-state index contributed by atoms with van der Waals surface area (Å²) in [6.45, 7) is 4.13. The second-order valence-electron chi connectivity index (χ2n) is 7.45. The highest BCUT2D eigenvalue weighted by molar-refractivity contribution is 9.10. The first-order valence-corrected chi connectivity index (χ1v) is 12.5. The quantitative estimate of drug-likeness (QED) is 0.177. The predicted octanol–water partition coefficient (Wildman–Crippen LogP) is 6.60. The molecule has 0 atom stereocenters. The Balaban J connectivity index is 1.72. The standard InChI is InChI=1S/C26H24BrN3O3S/c1-4-33-23-12-10-22(11-13-23)30-25(18-5-8-21(27)9-6-18)28-29-26(30)34-16-20-15-19(17(2)31)7-14-24(20)32-3/h5-15H,4,16H2,1-3H3. The number of Topliss-reactive ketones (excluding diaryl/α,β-unsaturated/α-hetero) is 1. The zero-order valence-electron chi connectivity index (χ0n) is 19.1. The van der Waals surface area contributed by atoms with Gasteiger partial charge in [0.15, 0.2) is 16.8 Å². The summed E-state index contributed by atoms with van der Waals surface area (Å²) in [6, 6.07) is 21.3. The van der Waals surface area contributed by atoms with E-state index in [1.807, 2.05) is 72.2 Å². The van der Waals surface area contributed by atoms with Gasteiger partial charge in [0.05, 0.1) is 13.7 Å². The molecule has 0 saturated heterocycles. The molecule has 0 fully saturated rings. The maximum absolute atomic E-state index is 11.9. The zero-order valence-corrected chi connectivity index (χ0v) is 21.5. The molecule has 0 saturated carbocycles. The van der Waals surface area contributed by atoms with Crippen LogP contribution < -0.4 is 9.47 Å². The Morgan fingerprint density at radius 2 is 1.76 bits per heavy atom. The molecule has 4 rings (SSSR count). The molecule has 6 nitrogen and oxygen atoms in total. The first-order valence-electron chi connectivity index (χ1n) is 10.8. The largest absolute Gasteiger partial charge is 0.496 e. The number of hydrogen-bond donors (Lipinski definition) is 0. The average Bonchev–Trinajstić information content (AvgIpc) is 3.27. The summed E-state index contributed by atoms with van der Waals surface area (Å²) in [5, 5.41) is 9.75. The fourth-order valence-electron chi connectivity index (χ4n) is 3.49. The van der Waals surface area contributed by atoms with Crippen LogP contribution in [-0.4, -0.2) is 34.3 Å². The van der Waals surface area contributed by atoms with Crippen LogP contribution in [0, 0.1) is 0 Å². The van der Waals surface area contributed by atoms with Crippen LogP contribution in [0.25, 0.3) is 17.1 Å². The fourth-order valence-corrected chi connectivity index (χ4v) is 4.69. The number of thioether (sulfide) groups is 1. The van der Waals surface area contributed by atoms with Crippen molar-refractivity contribution >= 4 is 33.5 Å². The number of benzene rings is 3. The second-order valence-corrected chi connectivity index (χ2v) is 9.31. The molecule has 0 aliphatic rings. The Morgan fingerprint density at radius 1 is 1.03 bits per heavy atom. The van der Waals surface area contributed by atoms with Crippen LogP contribution in [0.3, 0.4) is 0 Å². The van der Waals surface area contributed by atoms with Crippen molar-refractivity contribution in [3.05, 3.63) is 82.3 Å². The zero-order chi connectivity index (χ0) is 24.1. The lowest BCUT2D eigenvalue weighted by Gasteiger charge is -2.13. The summed E-state index contributed by atoms with van der Waals surface area (Å²) in [4.78, 5) is 11.9. The van der Waals surface area contributed by atoms with E-state index in [0.717, 1.165) is 43.8 Å². The Bertz CT molecular complexity index is 1290. The minimum Gasteiger partial charge on any atom is -0.496 e. The van der Waals surface area contributed by atoms with Gasteiger partial charge in [0.1, 0.15) is 11.5 Å². The van der Waals surface area contributed by atoms with Gasteiger partial charge in [-0.05, 0) is 68.4 Å². The number of nitrogens with zero attached hydrogens (tertiary/aromatic N) is 3. The van der Waals surface area contributed by atoms with Crippen molar-refractivity contribution in [2.75, 3.05) is 13.7 Å². The maximum Gasteiger partial charge on any atom is 0.196 e. The number of hydrogen-bond acceptors (Lipinski definition) is 6. The van der Waals surface area contributed by atoms with Gasteiger partial charge in [-0.3, -0.25) is 9.36 Å². The highest BCUT2D eigenvalue weighted by Crippen LogP contribution is 2.33. The van der Waals surface area contributed by atoms with E-state index >= 15 is 0 Å². The van der Waals surface area contributed by atoms with E-state index in [-0.39, 0.29) is 5.78 Å². The molecule has 0 aliphatic carbocycles. The summed E-state index contributed by atoms with van der Waals surface area (Å²) in [7, 11) is 1.63. The summed E-state index contributed by atoms with van der Waals surface area (Å²) >= 11 is 5.03. The molecule has 4 aromatic rings. The van der Waals surface area contributed by atoms with Crippen molar-refractivity contribution in [3.63, 3.8) is 0 Å². The summed E-state index contributed by atoms with van der Waals surface area (Å²) in [5.74, 6) is 2.87. The first-order chi connectivity index (χ1) is 16.5. The molecule has 8 heteroatoms. The summed E-state index contributed by atoms with van der Waals surface area (Å²) in [5.41, 5.74) is 3.46. The lowest BCUT2D eigenvalue weighted by molar-refractivity contribution is 0.101. The summed E-state index contributed by atoms with van der Waals surface area (Å²) in [6.07, 6.45) is 0. The van der Waals surface area contributed by atoms with Gasteiger partial charge in [-0.1, -0.05) is 39.8 Å². The van der Waals surface area contributed by atoms with Crippen molar-refractivity contribution in [2.24, 2.45) is 0 Å². The van der Waals surface area contributed by atoms with E-state index in [4.69, 9.17) is 9.47 Å². The van der Waals surface area contributed by atoms with E-state index in [0.29, 0.717) is 17.9 Å². The number of rotatable bonds is 9. The van der Waals surface area contributed by atoms with Gasteiger partial charge in [-0.25, -0.2) is 0 Å². The molecule has 174 valence electrons. The highest BCUT2D eigenvalue weighted by Gasteiger charge is 2.18. The normalized spacial score (nSPS) is 10.8. The number of methoxy groups -OCH3 is 1. The molecule has 0 N–H and O–H groups in total. The number of halogens is 1. The molecule has 0 bridgehead atoms. The third kappa shape index (κ3) is 5.34. The molecular formula is C26H24BrN3O3S. The first kappa shape index (κ1) is 24.0. The lowest BCUT2D eigenvalue weighted by Crippen LogP contribution is -2.01. The van der Waals surface area contributed by atoms with Crippen LogP contribution in [0.15, 0.2) is 76.4 Å². The van der Waals surface area contributed by atoms with Gasteiger partial charge in [0.25, 0.3) is 0 Å². The molecule has 0 unspecified atom stereocenters. The topological polar surface area (TPSA) is 66.2 Å². The number of ketones is 1. The van der Waals surface area contributed by atoms with Crippen molar-refractivity contribution < 1.29 is 14.3 Å². The number of ether oxygens (including phenoxy) is 2.